The molecule has 0 aliphatic rings. The second kappa shape index (κ2) is 6.78. The molecule has 0 bridgehead atoms. The summed E-state index contributed by atoms with van der Waals surface area (Å²) in [6.45, 7) is 7.62. The van der Waals surface area contributed by atoms with Gasteiger partial charge in [0.25, 0.3) is 0 Å². The van der Waals surface area contributed by atoms with E-state index in [4.69, 9.17) is 11.2 Å². The molecule has 0 aliphatic carbocycles. The summed E-state index contributed by atoms with van der Waals surface area (Å²) >= 11 is 0. The van der Waals surface area contributed by atoms with E-state index in [1.165, 1.54) is 4.31 Å². The first kappa shape index (κ1) is 16.5. The summed E-state index contributed by atoms with van der Waals surface area (Å²) in [5.41, 5.74) is 0. The molecule has 110 valence electrons. The van der Waals surface area contributed by atoms with Crippen LogP contribution < -0.4 is 4.74 Å². The minimum atomic E-state index is -3.50. The minimum absolute atomic E-state index is 0.0997. The van der Waals surface area contributed by atoms with Crippen molar-refractivity contribution < 1.29 is 13.2 Å². The van der Waals surface area contributed by atoms with E-state index in [-0.39, 0.29) is 23.6 Å². The SMILES string of the molecule is C#CCOc1ccc(S(=O)(=O)N(C(C)C)C(C)C)cc1. The monoisotopic (exact) mass is 295 g/mol. The van der Waals surface area contributed by atoms with Gasteiger partial charge in [0.2, 0.25) is 10.0 Å². The fourth-order valence-electron chi connectivity index (χ4n) is 2.11. The summed E-state index contributed by atoms with van der Waals surface area (Å²) in [6.07, 6.45) is 5.10. The fourth-order valence-corrected chi connectivity index (χ4v) is 3.94. The number of rotatable bonds is 6. The van der Waals surface area contributed by atoms with Gasteiger partial charge in [0, 0.05) is 12.1 Å². The summed E-state index contributed by atoms with van der Waals surface area (Å²) in [7, 11) is -3.50. The quantitative estimate of drug-likeness (QED) is 0.758. The third kappa shape index (κ3) is 3.75. The standard InChI is InChI=1S/C15H21NO3S/c1-6-11-19-14-7-9-15(10-8-14)20(17,18)16(12(2)3)13(4)5/h1,7-10,12-13H,11H2,2-5H3. The van der Waals surface area contributed by atoms with Crippen molar-refractivity contribution in [2.45, 2.75) is 44.7 Å². The molecule has 0 unspecified atom stereocenters. The molecule has 0 aliphatic heterocycles. The first-order valence-corrected chi connectivity index (χ1v) is 7.94. The normalized spacial score (nSPS) is 11.9. The van der Waals surface area contributed by atoms with Crippen LogP contribution in [0.25, 0.3) is 0 Å². The zero-order valence-electron chi connectivity index (χ0n) is 12.3. The molecule has 0 atom stereocenters. The summed E-state index contributed by atoms with van der Waals surface area (Å²) in [6, 6.07) is 6.11. The van der Waals surface area contributed by atoms with Crippen LogP contribution in [0.3, 0.4) is 0 Å². The van der Waals surface area contributed by atoms with Crippen molar-refractivity contribution in [2.24, 2.45) is 0 Å². The number of ether oxygens (including phenoxy) is 1. The van der Waals surface area contributed by atoms with Gasteiger partial charge in [-0.15, -0.1) is 6.42 Å². The number of terminal acetylenes is 1. The summed E-state index contributed by atoms with van der Waals surface area (Å²) in [5.74, 6) is 2.92. The molecule has 1 aromatic rings. The maximum absolute atomic E-state index is 12.6. The van der Waals surface area contributed by atoms with Gasteiger partial charge >= 0.3 is 0 Å². The van der Waals surface area contributed by atoms with E-state index >= 15 is 0 Å². The Kier molecular flexibility index (Phi) is 5.61. The van der Waals surface area contributed by atoms with Crippen LogP contribution in [0.1, 0.15) is 27.7 Å². The molecule has 0 saturated carbocycles. The second-order valence-electron chi connectivity index (χ2n) is 4.99. The lowest BCUT2D eigenvalue weighted by molar-refractivity contribution is 0.302. The molecule has 1 rings (SSSR count). The van der Waals surface area contributed by atoms with Crippen molar-refractivity contribution in [3.63, 3.8) is 0 Å². The van der Waals surface area contributed by atoms with E-state index in [1.54, 1.807) is 24.3 Å². The third-order valence-electron chi connectivity index (χ3n) is 2.74. The van der Waals surface area contributed by atoms with Crippen LogP contribution in [0.15, 0.2) is 29.2 Å². The summed E-state index contributed by atoms with van der Waals surface area (Å²) in [4.78, 5) is 0.257. The van der Waals surface area contributed by atoms with E-state index in [0.717, 1.165) is 0 Å². The lowest BCUT2D eigenvalue weighted by Gasteiger charge is -2.29. The van der Waals surface area contributed by atoms with E-state index in [2.05, 4.69) is 5.92 Å². The van der Waals surface area contributed by atoms with Crippen molar-refractivity contribution in [3.8, 4) is 18.1 Å². The maximum atomic E-state index is 12.6. The Morgan fingerprint density at radius 1 is 1.15 bits per heavy atom. The molecule has 0 saturated heterocycles. The summed E-state index contributed by atoms with van der Waals surface area (Å²) < 4.78 is 31.9. The van der Waals surface area contributed by atoms with Crippen molar-refractivity contribution in [2.75, 3.05) is 6.61 Å². The number of benzene rings is 1. The average molecular weight is 295 g/mol. The number of hydrogen-bond donors (Lipinski definition) is 0. The van der Waals surface area contributed by atoms with Crippen LogP contribution in [0, 0.1) is 12.3 Å². The van der Waals surface area contributed by atoms with Crippen molar-refractivity contribution in [1.82, 2.24) is 4.31 Å². The van der Waals surface area contributed by atoms with Gasteiger partial charge in [0.05, 0.1) is 4.90 Å². The van der Waals surface area contributed by atoms with Gasteiger partial charge in [-0.05, 0) is 52.0 Å². The smallest absolute Gasteiger partial charge is 0.243 e. The van der Waals surface area contributed by atoms with E-state index in [0.29, 0.717) is 5.75 Å². The number of hydrogen-bond acceptors (Lipinski definition) is 3. The Bertz CT molecular complexity index is 560. The van der Waals surface area contributed by atoms with Gasteiger partial charge in [-0.25, -0.2) is 8.42 Å². The highest BCUT2D eigenvalue weighted by Gasteiger charge is 2.29. The largest absolute Gasteiger partial charge is 0.481 e. The third-order valence-corrected chi connectivity index (χ3v) is 5.01. The zero-order chi connectivity index (χ0) is 15.3. The first-order valence-electron chi connectivity index (χ1n) is 6.50. The molecule has 0 amide bonds. The molecule has 1 aromatic carbocycles. The molecular weight excluding hydrogens is 274 g/mol. The van der Waals surface area contributed by atoms with Crippen LogP contribution in [-0.4, -0.2) is 31.4 Å². The van der Waals surface area contributed by atoms with Gasteiger partial charge in [-0.2, -0.15) is 4.31 Å². The van der Waals surface area contributed by atoms with E-state index in [9.17, 15) is 8.42 Å². The number of sulfonamides is 1. The lowest BCUT2D eigenvalue weighted by Crippen LogP contribution is -2.41. The summed E-state index contributed by atoms with van der Waals surface area (Å²) in [5, 5.41) is 0. The van der Waals surface area contributed by atoms with Gasteiger partial charge in [-0.3, -0.25) is 0 Å². The molecule has 0 fully saturated rings. The van der Waals surface area contributed by atoms with Gasteiger partial charge < -0.3 is 4.74 Å². The Hall–Kier alpha value is -1.51. The molecule has 0 N–H and O–H groups in total. The Morgan fingerprint density at radius 2 is 1.65 bits per heavy atom. The molecule has 0 spiro atoms. The number of nitrogens with zero attached hydrogens (tertiary/aromatic N) is 1. The van der Waals surface area contributed by atoms with Crippen molar-refractivity contribution >= 4 is 10.0 Å². The highest BCUT2D eigenvalue weighted by Crippen LogP contribution is 2.23. The van der Waals surface area contributed by atoms with E-state index < -0.39 is 10.0 Å². The van der Waals surface area contributed by atoms with Gasteiger partial charge in [0.1, 0.15) is 12.4 Å². The molecule has 4 nitrogen and oxygen atoms in total. The molecule has 0 aromatic heterocycles. The van der Waals surface area contributed by atoms with Crippen molar-refractivity contribution in [1.29, 1.82) is 0 Å². The highest BCUT2D eigenvalue weighted by molar-refractivity contribution is 7.89. The fraction of sp³-hybridized carbons (Fsp3) is 0.467. The molecule has 0 radical (unpaired) electrons. The Morgan fingerprint density at radius 3 is 2.05 bits per heavy atom. The predicted molar refractivity (Wildman–Crippen MR) is 80.1 cm³/mol. The zero-order valence-corrected chi connectivity index (χ0v) is 13.1. The second-order valence-corrected chi connectivity index (χ2v) is 6.83. The van der Waals surface area contributed by atoms with Crippen LogP contribution in [0.5, 0.6) is 5.75 Å². The Labute approximate surface area is 121 Å². The lowest BCUT2D eigenvalue weighted by atomic mass is 10.3. The van der Waals surface area contributed by atoms with Crippen LogP contribution in [-0.2, 0) is 10.0 Å². The predicted octanol–water partition coefficient (Wildman–Crippen LogP) is 2.51. The molecule has 5 heteroatoms. The first-order chi connectivity index (χ1) is 9.30. The Balaban J connectivity index is 3.07. The molecule has 20 heavy (non-hydrogen) atoms. The van der Waals surface area contributed by atoms with Crippen LogP contribution in [0.4, 0.5) is 0 Å². The van der Waals surface area contributed by atoms with Crippen molar-refractivity contribution in [3.05, 3.63) is 24.3 Å². The molecule has 0 heterocycles. The average Bonchev–Trinajstić information content (AvgIpc) is 2.35. The topological polar surface area (TPSA) is 46.6 Å². The minimum Gasteiger partial charge on any atom is -0.481 e. The molecular formula is C15H21NO3S. The maximum Gasteiger partial charge on any atom is 0.243 e. The van der Waals surface area contributed by atoms with E-state index in [1.807, 2.05) is 27.7 Å². The van der Waals surface area contributed by atoms with Gasteiger partial charge in [-0.1, -0.05) is 5.92 Å². The van der Waals surface area contributed by atoms with Crippen LogP contribution >= 0.6 is 0 Å². The van der Waals surface area contributed by atoms with Gasteiger partial charge in [0.15, 0.2) is 0 Å². The van der Waals surface area contributed by atoms with Crippen LogP contribution in [0.2, 0.25) is 0 Å². The highest BCUT2D eigenvalue weighted by atomic mass is 32.2.